The van der Waals surface area contributed by atoms with Gasteiger partial charge in [-0.2, -0.15) is 0 Å². The van der Waals surface area contributed by atoms with Crippen LogP contribution in [-0.2, 0) is 13.0 Å². The Labute approximate surface area is 195 Å². The molecule has 0 amide bonds. The second-order valence-corrected chi connectivity index (χ2v) is 6.65. The van der Waals surface area contributed by atoms with E-state index in [0.717, 1.165) is 35.0 Å². The van der Waals surface area contributed by atoms with Crippen molar-refractivity contribution in [3.63, 3.8) is 0 Å². The molecular formula is C23H29IN4O2. The first-order chi connectivity index (χ1) is 14.2. The maximum Gasteiger partial charge on any atom is 0.226 e. The molecule has 0 bridgehead atoms. The van der Waals surface area contributed by atoms with E-state index in [1.165, 1.54) is 5.56 Å². The highest BCUT2D eigenvalue weighted by Gasteiger charge is 2.08. The van der Waals surface area contributed by atoms with Crippen LogP contribution in [0.25, 0.3) is 11.5 Å². The van der Waals surface area contributed by atoms with E-state index in [0.29, 0.717) is 25.6 Å². The van der Waals surface area contributed by atoms with Crippen LogP contribution >= 0.6 is 24.0 Å². The van der Waals surface area contributed by atoms with Gasteiger partial charge in [0.1, 0.15) is 12.0 Å². The predicted octanol–water partition coefficient (Wildman–Crippen LogP) is 4.57. The Kier molecular flexibility index (Phi) is 9.66. The fourth-order valence-electron chi connectivity index (χ4n) is 2.91. The van der Waals surface area contributed by atoms with Gasteiger partial charge in [0.25, 0.3) is 0 Å². The topological polar surface area (TPSA) is 71.7 Å². The molecule has 0 fully saturated rings. The Balaban J connectivity index is 0.00000320. The van der Waals surface area contributed by atoms with E-state index < -0.39 is 0 Å². The summed E-state index contributed by atoms with van der Waals surface area (Å²) in [6.07, 6.45) is 2.46. The average Bonchev–Trinajstić information content (AvgIpc) is 3.21. The molecule has 0 radical (unpaired) electrons. The third-order valence-corrected chi connectivity index (χ3v) is 4.47. The molecule has 0 saturated carbocycles. The third kappa shape index (κ3) is 6.76. The second-order valence-electron chi connectivity index (χ2n) is 6.65. The third-order valence-electron chi connectivity index (χ3n) is 4.47. The Bertz CT molecular complexity index is 938. The number of aromatic nitrogens is 1. The maximum absolute atomic E-state index is 5.67. The average molecular weight is 520 g/mol. The van der Waals surface area contributed by atoms with Gasteiger partial charge in [-0.05, 0) is 32.0 Å². The Hall–Kier alpha value is -2.55. The zero-order valence-corrected chi connectivity index (χ0v) is 20.0. The Morgan fingerprint density at radius 3 is 2.60 bits per heavy atom. The van der Waals surface area contributed by atoms with E-state index in [4.69, 9.17) is 9.15 Å². The molecule has 0 aliphatic carbocycles. The number of aryl methyl sites for hydroxylation is 1. The molecule has 3 aromatic rings. The highest BCUT2D eigenvalue weighted by molar-refractivity contribution is 14.0. The number of hydrogen-bond acceptors (Lipinski definition) is 4. The molecule has 0 spiro atoms. The number of nitrogens with one attached hydrogen (secondary N) is 2. The summed E-state index contributed by atoms with van der Waals surface area (Å²) >= 11 is 0. The van der Waals surface area contributed by atoms with Crippen LogP contribution in [0.1, 0.15) is 23.7 Å². The van der Waals surface area contributed by atoms with Gasteiger partial charge in [0.15, 0.2) is 5.96 Å². The molecule has 0 aliphatic heterocycles. The summed E-state index contributed by atoms with van der Waals surface area (Å²) in [6.45, 7) is 6.03. The van der Waals surface area contributed by atoms with Crippen LogP contribution in [0.4, 0.5) is 0 Å². The number of rotatable bonds is 8. The molecule has 2 N–H and O–H groups in total. The number of aliphatic imine (C=N–C) groups is 1. The van der Waals surface area contributed by atoms with Gasteiger partial charge >= 0.3 is 0 Å². The summed E-state index contributed by atoms with van der Waals surface area (Å²) in [5, 5.41) is 6.63. The van der Waals surface area contributed by atoms with E-state index >= 15 is 0 Å². The molecule has 1 aromatic heterocycles. The van der Waals surface area contributed by atoms with Gasteiger partial charge < -0.3 is 19.8 Å². The molecule has 6 nitrogen and oxygen atoms in total. The van der Waals surface area contributed by atoms with Crippen molar-refractivity contribution in [2.24, 2.45) is 4.99 Å². The van der Waals surface area contributed by atoms with E-state index in [-0.39, 0.29) is 24.0 Å². The van der Waals surface area contributed by atoms with Crippen molar-refractivity contribution in [1.82, 2.24) is 15.6 Å². The fourth-order valence-corrected chi connectivity index (χ4v) is 2.91. The van der Waals surface area contributed by atoms with Crippen LogP contribution in [0.2, 0.25) is 0 Å². The maximum atomic E-state index is 5.67. The van der Waals surface area contributed by atoms with Crippen molar-refractivity contribution >= 4 is 29.9 Å². The summed E-state index contributed by atoms with van der Waals surface area (Å²) < 4.78 is 11.3. The van der Waals surface area contributed by atoms with Gasteiger partial charge in [0.2, 0.25) is 5.89 Å². The van der Waals surface area contributed by atoms with Crippen LogP contribution in [0.3, 0.4) is 0 Å². The summed E-state index contributed by atoms with van der Waals surface area (Å²) in [5.74, 6) is 2.28. The molecule has 30 heavy (non-hydrogen) atoms. The molecule has 7 heteroatoms. The van der Waals surface area contributed by atoms with Crippen LogP contribution in [0.5, 0.6) is 5.75 Å². The lowest BCUT2D eigenvalue weighted by atomic mass is 10.1. The van der Waals surface area contributed by atoms with Gasteiger partial charge in [0.05, 0.1) is 12.3 Å². The number of para-hydroxylation sites is 1. The van der Waals surface area contributed by atoms with Gasteiger partial charge in [-0.15, -0.1) is 24.0 Å². The lowest BCUT2D eigenvalue weighted by Gasteiger charge is -2.14. The number of ether oxygens (including phenoxy) is 1. The lowest BCUT2D eigenvalue weighted by molar-refractivity contribution is 0.336. The van der Waals surface area contributed by atoms with Crippen molar-refractivity contribution in [2.75, 3.05) is 20.2 Å². The van der Waals surface area contributed by atoms with Gasteiger partial charge in [0, 0.05) is 37.7 Å². The standard InChI is InChI=1S/C23H28N4O2.HI/c1-4-28-21-8-6-5-7-19(21)15-26-23(24-3)25-14-13-20-16-29-22(27-20)18-11-9-17(2)10-12-18;/h5-12,16H,4,13-15H2,1-3H3,(H2,24,25,26);1H. The minimum absolute atomic E-state index is 0. The first kappa shape index (κ1) is 23.7. The second kappa shape index (κ2) is 12.2. The summed E-state index contributed by atoms with van der Waals surface area (Å²) in [6, 6.07) is 16.2. The number of benzene rings is 2. The molecule has 0 aliphatic rings. The molecule has 0 unspecified atom stereocenters. The quantitative estimate of drug-likeness (QED) is 0.259. The first-order valence-electron chi connectivity index (χ1n) is 9.86. The minimum Gasteiger partial charge on any atom is -0.494 e. The highest BCUT2D eigenvalue weighted by Crippen LogP contribution is 2.19. The van der Waals surface area contributed by atoms with E-state index in [2.05, 4.69) is 39.7 Å². The fraction of sp³-hybridized carbons (Fsp3) is 0.304. The van der Waals surface area contributed by atoms with E-state index in [1.807, 2.05) is 43.3 Å². The van der Waals surface area contributed by atoms with Crippen LogP contribution in [0, 0.1) is 6.92 Å². The smallest absolute Gasteiger partial charge is 0.226 e. The molecule has 160 valence electrons. The first-order valence-corrected chi connectivity index (χ1v) is 9.86. The summed E-state index contributed by atoms with van der Waals surface area (Å²) in [4.78, 5) is 8.86. The van der Waals surface area contributed by atoms with Crippen molar-refractivity contribution < 1.29 is 9.15 Å². The van der Waals surface area contributed by atoms with Crippen LogP contribution in [0.15, 0.2) is 64.2 Å². The molecule has 0 saturated heterocycles. The minimum atomic E-state index is 0. The number of nitrogens with zero attached hydrogens (tertiary/aromatic N) is 2. The number of guanidine groups is 1. The predicted molar refractivity (Wildman–Crippen MR) is 132 cm³/mol. The van der Waals surface area contributed by atoms with Gasteiger partial charge in [-0.1, -0.05) is 35.9 Å². The zero-order valence-electron chi connectivity index (χ0n) is 17.6. The van der Waals surface area contributed by atoms with Crippen molar-refractivity contribution in [1.29, 1.82) is 0 Å². The number of hydrogen-bond donors (Lipinski definition) is 2. The lowest BCUT2D eigenvalue weighted by Crippen LogP contribution is -2.38. The van der Waals surface area contributed by atoms with Gasteiger partial charge in [-0.25, -0.2) is 4.98 Å². The Morgan fingerprint density at radius 1 is 1.10 bits per heavy atom. The van der Waals surface area contributed by atoms with Crippen LogP contribution in [-0.4, -0.2) is 31.1 Å². The SMILES string of the molecule is CCOc1ccccc1CNC(=NC)NCCc1coc(-c2ccc(C)cc2)n1.I. The summed E-state index contributed by atoms with van der Waals surface area (Å²) in [7, 11) is 1.76. The number of halogens is 1. The molecule has 2 aromatic carbocycles. The Morgan fingerprint density at radius 2 is 1.87 bits per heavy atom. The number of oxazole rings is 1. The monoisotopic (exact) mass is 520 g/mol. The van der Waals surface area contributed by atoms with E-state index in [9.17, 15) is 0 Å². The zero-order chi connectivity index (χ0) is 20.5. The van der Waals surface area contributed by atoms with Crippen LogP contribution < -0.4 is 15.4 Å². The van der Waals surface area contributed by atoms with Crippen molar-refractivity contribution in [3.8, 4) is 17.2 Å². The summed E-state index contributed by atoms with van der Waals surface area (Å²) in [5.41, 5.74) is 4.20. The molecule has 1 heterocycles. The molecular weight excluding hydrogens is 491 g/mol. The van der Waals surface area contributed by atoms with Crippen molar-refractivity contribution in [2.45, 2.75) is 26.8 Å². The largest absolute Gasteiger partial charge is 0.494 e. The molecule has 0 atom stereocenters. The molecule has 3 rings (SSSR count). The van der Waals surface area contributed by atoms with Crippen molar-refractivity contribution in [3.05, 3.63) is 71.6 Å². The normalized spacial score (nSPS) is 11.0. The van der Waals surface area contributed by atoms with E-state index in [1.54, 1.807) is 13.3 Å². The highest BCUT2D eigenvalue weighted by atomic mass is 127. The van der Waals surface area contributed by atoms with Gasteiger partial charge in [-0.3, -0.25) is 4.99 Å².